The van der Waals surface area contributed by atoms with Crippen LogP contribution in [0, 0.1) is 6.92 Å². The summed E-state index contributed by atoms with van der Waals surface area (Å²) < 4.78 is 7.36. The van der Waals surface area contributed by atoms with Gasteiger partial charge in [-0.3, -0.25) is 9.59 Å². The van der Waals surface area contributed by atoms with Crippen molar-refractivity contribution in [1.82, 2.24) is 14.7 Å². The molecule has 150 valence electrons. The van der Waals surface area contributed by atoms with E-state index in [4.69, 9.17) is 4.42 Å². The van der Waals surface area contributed by atoms with Crippen LogP contribution in [0.2, 0.25) is 0 Å². The molecule has 29 heavy (non-hydrogen) atoms. The molecule has 3 aromatic rings. The smallest absolute Gasteiger partial charge is 0.289 e. The molecule has 7 nitrogen and oxygen atoms in total. The van der Waals surface area contributed by atoms with Crippen LogP contribution in [0.3, 0.4) is 0 Å². The highest BCUT2D eigenvalue weighted by atomic mass is 79.9. The van der Waals surface area contributed by atoms with Crippen molar-refractivity contribution in [3.05, 3.63) is 74.9 Å². The van der Waals surface area contributed by atoms with Crippen LogP contribution in [0.25, 0.3) is 5.69 Å². The Bertz CT molecular complexity index is 1070. The maximum Gasteiger partial charge on any atom is 0.289 e. The zero-order chi connectivity index (χ0) is 20.4. The van der Waals surface area contributed by atoms with Gasteiger partial charge in [0.2, 0.25) is 0 Å². The zero-order valence-corrected chi connectivity index (χ0v) is 17.6. The van der Waals surface area contributed by atoms with Crippen molar-refractivity contribution >= 4 is 27.7 Å². The fourth-order valence-corrected chi connectivity index (χ4v) is 3.68. The first-order valence-corrected chi connectivity index (χ1v) is 10.3. The molecule has 0 bridgehead atoms. The maximum absolute atomic E-state index is 12.7. The second-order valence-corrected chi connectivity index (χ2v) is 7.80. The third-order valence-electron chi connectivity index (χ3n) is 4.96. The number of aromatic nitrogens is 2. The quantitative estimate of drug-likeness (QED) is 0.604. The van der Waals surface area contributed by atoms with Gasteiger partial charge in [0.15, 0.2) is 10.4 Å². The molecule has 1 aromatic carbocycles. The number of nitrogens with zero attached hydrogens (tertiary/aromatic N) is 4. The lowest BCUT2D eigenvalue weighted by Gasteiger charge is -2.22. The average molecular weight is 457 g/mol. The normalized spacial score (nSPS) is 14.7. The molecular weight excluding hydrogens is 436 g/mol. The highest BCUT2D eigenvalue weighted by Crippen LogP contribution is 2.18. The molecule has 0 N–H and O–H groups in total. The summed E-state index contributed by atoms with van der Waals surface area (Å²) in [7, 11) is 0. The molecule has 0 atom stereocenters. The molecule has 3 heterocycles. The topological polar surface area (TPSA) is 71.6 Å². The third-order valence-corrected chi connectivity index (χ3v) is 5.38. The van der Waals surface area contributed by atoms with E-state index in [2.05, 4.69) is 25.9 Å². The van der Waals surface area contributed by atoms with Gasteiger partial charge < -0.3 is 14.2 Å². The lowest BCUT2D eigenvalue weighted by Crippen LogP contribution is -2.35. The number of aryl methyl sites for hydroxylation is 1. The van der Waals surface area contributed by atoms with E-state index in [0.717, 1.165) is 30.0 Å². The van der Waals surface area contributed by atoms with Gasteiger partial charge in [-0.25, -0.2) is 0 Å². The van der Waals surface area contributed by atoms with Crippen molar-refractivity contribution in [2.75, 3.05) is 31.1 Å². The highest BCUT2D eigenvalue weighted by molar-refractivity contribution is 9.10. The number of carbonyl (C=O) groups excluding carboxylic acids is 1. The molecule has 2 aromatic heterocycles. The maximum atomic E-state index is 12.7. The monoisotopic (exact) mass is 456 g/mol. The van der Waals surface area contributed by atoms with Crippen molar-refractivity contribution in [2.24, 2.45) is 0 Å². The van der Waals surface area contributed by atoms with Crippen LogP contribution in [0.4, 0.5) is 5.82 Å². The van der Waals surface area contributed by atoms with Gasteiger partial charge in [-0.05, 0) is 59.6 Å². The minimum absolute atomic E-state index is 0.116. The van der Waals surface area contributed by atoms with Crippen LogP contribution in [-0.4, -0.2) is 46.8 Å². The number of hydrogen-bond donors (Lipinski definition) is 0. The van der Waals surface area contributed by atoms with Crippen molar-refractivity contribution in [3.63, 3.8) is 0 Å². The van der Waals surface area contributed by atoms with Gasteiger partial charge >= 0.3 is 0 Å². The number of anilines is 1. The summed E-state index contributed by atoms with van der Waals surface area (Å²) in [6.07, 6.45) is 0.805. The number of benzene rings is 1. The molecule has 0 aliphatic carbocycles. The molecule has 0 unspecified atom stereocenters. The number of hydrogen-bond acceptors (Lipinski definition) is 5. The molecule has 0 saturated carbocycles. The van der Waals surface area contributed by atoms with E-state index < -0.39 is 0 Å². The fraction of sp³-hybridized carbons (Fsp3) is 0.286. The Kier molecular flexibility index (Phi) is 5.53. The number of rotatable bonds is 3. The Hall–Kier alpha value is -2.87. The first-order chi connectivity index (χ1) is 14.0. The van der Waals surface area contributed by atoms with E-state index >= 15 is 0 Å². The molecule has 8 heteroatoms. The van der Waals surface area contributed by atoms with Crippen LogP contribution in [0.1, 0.15) is 22.5 Å². The lowest BCUT2D eigenvalue weighted by molar-refractivity contribution is 0.0733. The van der Waals surface area contributed by atoms with E-state index in [1.807, 2.05) is 31.2 Å². The van der Waals surface area contributed by atoms with Crippen molar-refractivity contribution in [1.29, 1.82) is 0 Å². The van der Waals surface area contributed by atoms with Crippen LogP contribution in [0.15, 0.2) is 62.4 Å². The predicted molar refractivity (Wildman–Crippen MR) is 114 cm³/mol. The van der Waals surface area contributed by atoms with Crippen molar-refractivity contribution in [2.45, 2.75) is 13.3 Å². The Morgan fingerprint density at radius 2 is 1.79 bits per heavy atom. The fourth-order valence-electron chi connectivity index (χ4n) is 3.38. The number of halogens is 1. The summed E-state index contributed by atoms with van der Waals surface area (Å²) in [5.41, 5.74) is 1.68. The summed E-state index contributed by atoms with van der Waals surface area (Å²) in [5, 5.41) is 4.57. The van der Waals surface area contributed by atoms with E-state index in [-0.39, 0.29) is 11.5 Å². The van der Waals surface area contributed by atoms with E-state index in [1.165, 1.54) is 10.7 Å². The van der Waals surface area contributed by atoms with Gasteiger partial charge in [0.25, 0.3) is 11.5 Å². The van der Waals surface area contributed by atoms with Gasteiger partial charge in [-0.2, -0.15) is 4.68 Å². The molecule has 1 fully saturated rings. The van der Waals surface area contributed by atoms with Crippen LogP contribution in [-0.2, 0) is 0 Å². The molecule has 0 spiro atoms. The van der Waals surface area contributed by atoms with E-state index in [0.29, 0.717) is 30.1 Å². The molecule has 4 rings (SSSR count). The second kappa shape index (κ2) is 8.24. The summed E-state index contributed by atoms with van der Waals surface area (Å²) in [5.74, 6) is 0.937. The third kappa shape index (κ3) is 4.27. The molecule has 1 aliphatic rings. The summed E-state index contributed by atoms with van der Waals surface area (Å²) >= 11 is 3.23. The standard InChI is InChI=1S/C21H21BrN4O3/c1-15-3-5-16(6-4-15)26-20(27)10-9-19(23-26)24-11-2-12-25(14-13-24)21(28)17-7-8-18(22)29-17/h3-10H,2,11-14H2,1H3. The average Bonchev–Trinajstić information content (AvgIpc) is 3.01. The van der Waals surface area contributed by atoms with Crippen LogP contribution in [0.5, 0.6) is 0 Å². The number of amides is 1. The molecular formula is C21H21BrN4O3. The summed E-state index contributed by atoms with van der Waals surface area (Å²) in [6, 6.07) is 14.4. The number of furan rings is 1. The highest BCUT2D eigenvalue weighted by Gasteiger charge is 2.23. The minimum Gasteiger partial charge on any atom is -0.444 e. The Morgan fingerprint density at radius 3 is 2.52 bits per heavy atom. The zero-order valence-electron chi connectivity index (χ0n) is 16.0. The summed E-state index contributed by atoms with van der Waals surface area (Å²) in [6.45, 7) is 4.59. The Morgan fingerprint density at radius 1 is 1.00 bits per heavy atom. The molecule has 1 saturated heterocycles. The first-order valence-electron chi connectivity index (χ1n) is 9.48. The van der Waals surface area contributed by atoms with Gasteiger partial charge in [0, 0.05) is 32.2 Å². The van der Waals surface area contributed by atoms with E-state index in [1.54, 1.807) is 23.1 Å². The molecule has 1 aliphatic heterocycles. The van der Waals surface area contributed by atoms with Crippen molar-refractivity contribution < 1.29 is 9.21 Å². The predicted octanol–water partition coefficient (Wildman–Crippen LogP) is 3.25. The van der Waals surface area contributed by atoms with Gasteiger partial charge in [-0.1, -0.05) is 17.7 Å². The minimum atomic E-state index is -0.173. The first kappa shape index (κ1) is 19.4. The Balaban J connectivity index is 1.52. The Labute approximate surface area is 176 Å². The van der Waals surface area contributed by atoms with Crippen molar-refractivity contribution in [3.8, 4) is 5.69 Å². The van der Waals surface area contributed by atoms with E-state index in [9.17, 15) is 9.59 Å². The number of carbonyl (C=O) groups is 1. The van der Waals surface area contributed by atoms with Crippen LogP contribution < -0.4 is 10.5 Å². The van der Waals surface area contributed by atoms with Crippen LogP contribution >= 0.6 is 15.9 Å². The second-order valence-electron chi connectivity index (χ2n) is 7.01. The molecule has 0 radical (unpaired) electrons. The lowest BCUT2D eigenvalue weighted by atomic mass is 10.2. The van der Waals surface area contributed by atoms with Gasteiger partial charge in [0.05, 0.1) is 5.69 Å². The molecule has 1 amide bonds. The van der Waals surface area contributed by atoms with Gasteiger partial charge in [-0.15, -0.1) is 5.10 Å². The largest absolute Gasteiger partial charge is 0.444 e. The SMILES string of the molecule is Cc1ccc(-n2nc(N3CCCN(C(=O)c4ccc(Br)o4)CC3)ccc2=O)cc1. The summed E-state index contributed by atoms with van der Waals surface area (Å²) in [4.78, 5) is 28.9. The van der Waals surface area contributed by atoms with Gasteiger partial charge in [0.1, 0.15) is 5.82 Å².